The van der Waals surface area contributed by atoms with Crippen molar-refractivity contribution in [3.63, 3.8) is 0 Å². The molecule has 0 radical (unpaired) electrons. The Labute approximate surface area is 190 Å². The quantitative estimate of drug-likeness (QED) is 0.266. The highest BCUT2D eigenvalue weighted by atomic mass is 32.2. The molecule has 2 atom stereocenters. The summed E-state index contributed by atoms with van der Waals surface area (Å²) in [7, 11) is -2.38. The van der Waals surface area contributed by atoms with Crippen LogP contribution in [0.15, 0.2) is 55.1 Å². The normalized spacial score (nSPS) is 13.1. The number of ether oxygens (including phenoxy) is 3. The third kappa shape index (κ3) is 7.69. The molecule has 2 rings (SSSR count). The minimum Gasteiger partial charge on any atom is -0.489 e. The van der Waals surface area contributed by atoms with E-state index in [1.54, 1.807) is 12.1 Å². The summed E-state index contributed by atoms with van der Waals surface area (Å²) >= 11 is 0. The van der Waals surface area contributed by atoms with Gasteiger partial charge in [-0.15, -0.1) is 6.58 Å². The molecule has 0 fully saturated rings. The van der Waals surface area contributed by atoms with E-state index in [-0.39, 0.29) is 18.9 Å². The molecule has 0 spiro atoms. The van der Waals surface area contributed by atoms with Crippen molar-refractivity contribution in [2.45, 2.75) is 38.9 Å². The zero-order valence-electron chi connectivity index (χ0n) is 18.9. The SMILES string of the molecule is C=CC(C)c1cc(OCc2ccccc2)c(C)cc1OC(CCOS(C)(=O)=O)C(=O)OC. The molecular weight excluding hydrogens is 432 g/mol. The van der Waals surface area contributed by atoms with Crippen LogP contribution in [0.3, 0.4) is 0 Å². The lowest BCUT2D eigenvalue weighted by molar-refractivity contribution is -0.149. The fourth-order valence-corrected chi connectivity index (χ4v) is 3.37. The van der Waals surface area contributed by atoms with Crippen molar-refractivity contribution in [3.05, 3.63) is 71.8 Å². The summed E-state index contributed by atoms with van der Waals surface area (Å²) in [6, 6.07) is 13.5. The largest absolute Gasteiger partial charge is 0.489 e. The summed E-state index contributed by atoms with van der Waals surface area (Å²) in [6.45, 7) is 7.90. The first-order chi connectivity index (χ1) is 15.1. The average molecular weight is 463 g/mol. The number of carbonyl (C=O) groups is 1. The first kappa shape index (κ1) is 25.4. The van der Waals surface area contributed by atoms with Gasteiger partial charge in [0.1, 0.15) is 18.1 Å². The van der Waals surface area contributed by atoms with Crippen LogP contribution in [0.4, 0.5) is 0 Å². The van der Waals surface area contributed by atoms with E-state index in [1.165, 1.54) is 7.11 Å². The molecule has 0 aliphatic carbocycles. The van der Waals surface area contributed by atoms with Gasteiger partial charge in [0.2, 0.25) is 0 Å². The van der Waals surface area contributed by atoms with Gasteiger partial charge in [0.15, 0.2) is 6.10 Å². The molecular formula is C24H30O7S. The Kier molecular flexibility index (Phi) is 9.28. The van der Waals surface area contributed by atoms with Gasteiger partial charge in [-0.05, 0) is 30.2 Å². The van der Waals surface area contributed by atoms with Gasteiger partial charge in [0, 0.05) is 17.9 Å². The third-order valence-electron chi connectivity index (χ3n) is 4.80. The third-order valence-corrected chi connectivity index (χ3v) is 5.39. The number of carbonyl (C=O) groups excluding carboxylic acids is 1. The number of hydrogen-bond acceptors (Lipinski definition) is 7. The Morgan fingerprint density at radius 2 is 1.84 bits per heavy atom. The first-order valence-corrected chi connectivity index (χ1v) is 12.0. The summed E-state index contributed by atoms with van der Waals surface area (Å²) in [4.78, 5) is 12.2. The van der Waals surface area contributed by atoms with E-state index in [9.17, 15) is 13.2 Å². The zero-order valence-corrected chi connectivity index (χ0v) is 19.7. The minimum atomic E-state index is -3.63. The Morgan fingerprint density at radius 3 is 2.44 bits per heavy atom. The highest BCUT2D eigenvalue weighted by Crippen LogP contribution is 2.35. The smallest absolute Gasteiger partial charge is 0.347 e. The number of allylic oxidation sites excluding steroid dienone is 1. The van der Waals surface area contributed by atoms with Gasteiger partial charge in [-0.3, -0.25) is 4.18 Å². The fraction of sp³-hybridized carbons (Fsp3) is 0.375. The van der Waals surface area contributed by atoms with Crippen molar-refractivity contribution < 1.29 is 31.6 Å². The van der Waals surface area contributed by atoms with Crippen molar-refractivity contribution in [3.8, 4) is 11.5 Å². The Hall–Kier alpha value is -2.84. The fourth-order valence-electron chi connectivity index (χ4n) is 2.97. The number of rotatable bonds is 12. The van der Waals surface area contributed by atoms with Gasteiger partial charge >= 0.3 is 5.97 Å². The number of benzene rings is 2. The van der Waals surface area contributed by atoms with Crippen molar-refractivity contribution >= 4 is 16.1 Å². The van der Waals surface area contributed by atoms with Crippen LogP contribution in [0.2, 0.25) is 0 Å². The van der Waals surface area contributed by atoms with Crippen molar-refractivity contribution in [2.75, 3.05) is 20.0 Å². The van der Waals surface area contributed by atoms with E-state index in [0.717, 1.165) is 22.9 Å². The van der Waals surface area contributed by atoms with Crippen molar-refractivity contribution in [2.24, 2.45) is 0 Å². The highest BCUT2D eigenvalue weighted by Gasteiger charge is 2.25. The molecule has 7 nitrogen and oxygen atoms in total. The van der Waals surface area contributed by atoms with Crippen LogP contribution in [-0.2, 0) is 30.4 Å². The van der Waals surface area contributed by atoms with Crippen LogP contribution in [0.25, 0.3) is 0 Å². The molecule has 174 valence electrons. The zero-order chi connectivity index (χ0) is 23.7. The molecule has 2 aromatic rings. The maximum atomic E-state index is 12.2. The summed E-state index contributed by atoms with van der Waals surface area (Å²) in [5.41, 5.74) is 2.65. The molecule has 32 heavy (non-hydrogen) atoms. The lowest BCUT2D eigenvalue weighted by Crippen LogP contribution is -2.30. The van der Waals surface area contributed by atoms with Gasteiger partial charge in [-0.2, -0.15) is 8.42 Å². The molecule has 0 aliphatic rings. The van der Waals surface area contributed by atoms with Crippen LogP contribution in [0, 0.1) is 6.92 Å². The predicted molar refractivity (Wildman–Crippen MR) is 122 cm³/mol. The molecule has 8 heteroatoms. The minimum absolute atomic E-state index is 0.00690. The van der Waals surface area contributed by atoms with Crippen LogP contribution < -0.4 is 9.47 Å². The van der Waals surface area contributed by atoms with E-state index in [1.807, 2.05) is 50.2 Å². The second-order valence-electron chi connectivity index (χ2n) is 7.40. The molecule has 0 heterocycles. The van der Waals surface area contributed by atoms with E-state index in [0.29, 0.717) is 18.1 Å². The van der Waals surface area contributed by atoms with Crippen LogP contribution in [-0.4, -0.2) is 40.5 Å². The molecule has 0 amide bonds. The van der Waals surface area contributed by atoms with Crippen molar-refractivity contribution in [1.29, 1.82) is 0 Å². The second-order valence-corrected chi connectivity index (χ2v) is 9.04. The van der Waals surface area contributed by atoms with Gasteiger partial charge in [0.05, 0.1) is 20.0 Å². The summed E-state index contributed by atoms with van der Waals surface area (Å²) in [5, 5.41) is 0. The summed E-state index contributed by atoms with van der Waals surface area (Å²) < 4.78 is 44.1. The van der Waals surface area contributed by atoms with Gasteiger partial charge in [-0.25, -0.2) is 4.79 Å². The van der Waals surface area contributed by atoms with E-state index in [2.05, 4.69) is 6.58 Å². The lowest BCUT2D eigenvalue weighted by Gasteiger charge is -2.22. The molecule has 0 N–H and O–H groups in total. The molecule has 0 bridgehead atoms. The number of methoxy groups -OCH3 is 1. The first-order valence-electron chi connectivity index (χ1n) is 10.2. The van der Waals surface area contributed by atoms with Gasteiger partial charge < -0.3 is 14.2 Å². The average Bonchev–Trinajstić information content (AvgIpc) is 2.76. The molecule has 0 saturated heterocycles. The maximum absolute atomic E-state index is 12.2. The van der Waals surface area contributed by atoms with Gasteiger partial charge in [0.25, 0.3) is 10.1 Å². The maximum Gasteiger partial charge on any atom is 0.347 e. The number of aryl methyl sites for hydroxylation is 1. The monoisotopic (exact) mass is 462 g/mol. The second kappa shape index (κ2) is 11.7. The molecule has 2 aromatic carbocycles. The van der Waals surface area contributed by atoms with E-state index in [4.69, 9.17) is 18.4 Å². The van der Waals surface area contributed by atoms with Crippen molar-refractivity contribution in [1.82, 2.24) is 0 Å². The van der Waals surface area contributed by atoms with Crippen LogP contribution >= 0.6 is 0 Å². The molecule has 2 unspecified atom stereocenters. The number of hydrogen-bond donors (Lipinski definition) is 0. The topological polar surface area (TPSA) is 88.1 Å². The number of esters is 1. The van der Waals surface area contributed by atoms with E-state index >= 15 is 0 Å². The Bertz CT molecular complexity index is 1020. The summed E-state index contributed by atoms with van der Waals surface area (Å²) in [6.07, 6.45) is 1.68. The Morgan fingerprint density at radius 1 is 1.16 bits per heavy atom. The molecule has 0 saturated carbocycles. The van der Waals surface area contributed by atoms with Crippen LogP contribution in [0.5, 0.6) is 11.5 Å². The van der Waals surface area contributed by atoms with E-state index < -0.39 is 22.2 Å². The standard InChI is InChI=1S/C24H30O7S/c1-6-17(2)20-15-22(29-16-19-10-8-7-9-11-19)18(3)14-23(20)31-21(24(25)28-4)12-13-30-32(5,26)27/h6-11,14-15,17,21H,1,12-13,16H2,2-5H3. The highest BCUT2D eigenvalue weighted by molar-refractivity contribution is 7.85. The van der Waals surface area contributed by atoms with Crippen LogP contribution in [0.1, 0.15) is 36.0 Å². The molecule has 0 aliphatic heterocycles. The molecule has 0 aromatic heterocycles. The Balaban J connectivity index is 2.28. The predicted octanol–water partition coefficient (Wildman–Crippen LogP) is 4.15. The summed E-state index contributed by atoms with van der Waals surface area (Å²) in [5.74, 6) is 0.452. The lowest BCUT2D eigenvalue weighted by atomic mass is 9.98. The van der Waals surface area contributed by atoms with Gasteiger partial charge in [-0.1, -0.05) is 43.3 Å².